The van der Waals surface area contributed by atoms with Crippen LogP contribution in [0.15, 0.2) is 60.1 Å². The molecular weight excluding hydrogens is 457 g/mol. The molecule has 4 aromatic rings. The van der Waals surface area contributed by atoms with Crippen molar-refractivity contribution in [3.05, 3.63) is 77.1 Å². The lowest BCUT2D eigenvalue weighted by Crippen LogP contribution is -2.23. The van der Waals surface area contributed by atoms with Gasteiger partial charge in [0, 0.05) is 12.3 Å². The van der Waals surface area contributed by atoms with E-state index in [2.05, 4.69) is 15.0 Å². The molecular formula is C22H15F3N4O3S. The number of carbonyl (C=O) groups is 2. The lowest BCUT2D eigenvalue weighted by Gasteiger charge is -2.19. The van der Waals surface area contributed by atoms with E-state index in [4.69, 9.17) is 4.74 Å². The number of para-hydroxylation sites is 2. The number of thiazole rings is 1. The van der Waals surface area contributed by atoms with E-state index in [1.165, 1.54) is 25.3 Å². The van der Waals surface area contributed by atoms with Gasteiger partial charge in [-0.3, -0.25) is 14.7 Å². The summed E-state index contributed by atoms with van der Waals surface area (Å²) in [5, 5.41) is 1.71. The molecule has 0 N–H and O–H groups in total. The molecule has 0 atom stereocenters. The molecule has 0 saturated heterocycles. The minimum absolute atomic E-state index is 0.0264. The molecule has 1 amide bonds. The number of alkyl halides is 3. The normalized spacial score (nSPS) is 11.4. The van der Waals surface area contributed by atoms with Gasteiger partial charge in [0.25, 0.3) is 0 Å². The van der Waals surface area contributed by atoms with E-state index in [0.29, 0.717) is 16.7 Å². The maximum Gasteiger partial charge on any atom is 0.416 e. The van der Waals surface area contributed by atoms with Crippen LogP contribution in [0.2, 0.25) is 0 Å². The Labute approximate surface area is 189 Å². The van der Waals surface area contributed by atoms with E-state index in [1.807, 2.05) is 0 Å². The molecule has 0 aliphatic rings. The van der Waals surface area contributed by atoms with Crippen molar-refractivity contribution in [3.8, 4) is 0 Å². The van der Waals surface area contributed by atoms with Gasteiger partial charge in [-0.15, -0.1) is 11.3 Å². The zero-order chi connectivity index (χ0) is 23.6. The molecule has 0 fully saturated rings. The highest BCUT2D eigenvalue weighted by molar-refractivity contribution is 7.14. The van der Waals surface area contributed by atoms with E-state index in [0.717, 1.165) is 28.4 Å². The summed E-state index contributed by atoms with van der Waals surface area (Å²) < 4.78 is 44.4. The van der Waals surface area contributed by atoms with Gasteiger partial charge in [-0.25, -0.2) is 14.8 Å². The summed E-state index contributed by atoms with van der Waals surface area (Å²) in [6, 6.07) is 11.5. The zero-order valence-electron chi connectivity index (χ0n) is 17.0. The third-order valence-corrected chi connectivity index (χ3v) is 5.36. The molecule has 0 aliphatic carbocycles. The molecule has 0 aliphatic heterocycles. The summed E-state index contributed by atoms with van der Waals surface area (Å²) in [6.07, 6.45) is -3.24. The van der Waals surface area contributed by atoms with Gasteiger partial charge >= 0.3 is 12.1 Å². The van der Waals surface area contributed by atoms with Crippen molar-refractivity contribution in [2.75, 3.05) is 4.90 Å². The summed E-state index contributed by atoms with van der Waals surface area (Å²) in [5.74, 6) is -1.22. The van der Waals surface area contributed by atoms with Gasteiger partial charge in [-0.05, 0) is 30.3 Å². The Morgan fingerprint density at radius 1 is 1.06 bits per heavy atom. The van der Waals surface area contributed by atoms with Crippen LogP contribution < -0.4 is 4.90 Å². The average molecular weight is 472 g/mol. The van der Waals surface area contributed by atoms with Gasteiger partial charge in [0.05, 0.1) is 34.2 Å². The van der Waals surface area contributed by atoms with E-state index >= 15 is 0 Å². The summed E-state index contributed by atoms with van der Waals surface area (Å²) in [5.41, 5.74) is 0.683. The molecule has 2 aromatic carbocycles. The van der Waals surface area contributed by atoms with Gasteiger partial charge in [0.15, 0.2) is 10.8 Å². The summed E-state index contributed by atoms with van der Waals surface area (Å²) >= 11 is 1.04. The first-order valence-electron chi connectivity index (χ1n) is 9.53. The number of esters is 1. The van der Waals surface area contributed by atoms with Crippen LogP contribution in [0.1, 0.15) is 28.7 Å². The zero-order valence-corrected chi connectivity index (χ0v) is 17.9. The Bertz CT molecular complexity index is 1340. The lowest BCUT2D eigenvalue weighted by atomic mass is 10.2. The number of hydrogen-bond acceptors (Lipinski definition) is 7. The molecule has 0 saturated carbocycles. The van der Waals surface area contributed by atoms with Crippen LogP contribution in [0.4, 0.5) is 24.0 Å². The standard InChI is InChI=1S/C22H15F3N4O3S/c1-13(30)29(16-6-4-5-14(9-16)22(23,24)25)21-27-15(12-33-21)11-32-20(31)19-10-26-17-7-2-3-8-18(17)28-19/h2-10,12H,11H2,1H3. The lowest BCUT2D eigenvalue weighted by molar-refractivity contribution is -0.137. The molecule has 0 unspecified atom stereocenters. The van der Waals surface area contributed by atoms with Crippen molar-refractivity contribution in [1.82, 2.24) is 15.0 Å². The highest BCUT2D eigenvalue weighted by Gasteiger charge is 2.31. The van der Waals surface area contributed by atoms with E-state index in [-0.39, 0.29) is 23.1 Å². The maximum atomic E-state index is 13.1. The monoisotopic (exact) mass is 472 g/mol. The largest absolute Gasteiger partial charge is 0.454 e. The quantitative estimate of drug-likeness (QED) is 0.374. The van der Waals surface area contributed by atoms with Crippen LogP contribution in [-0.4, -0.2) is 26.8 Å². The number of carbonyl (C=O) groups excluding carboxylic acids is 2. The number of fused-ring (bicyclic) bond motifs is 1. The fraction of sp³-hybridized carbons (Fsp3) is 0.136. The second-order valence-electron chi connectivity index (χ2n) is 6.84. The van der Waals surface area contributed by atoms with Gasteiger partial charge < -0.3 is 4.74 Å². The Balaban J connectivity index is 1.50. The molecule has 4 rings (SSSR count). The van der Waals surface area contributed by atoms with E-state index in [1.54, 1.807) is 29.6 Å². The van der Waals surface area contributed by atoms with Crippen LogP contribution in [-0.2, 0) is 22.3 Å². The summed E-state index contributed by atoms with van der Waals surface area (Å²) in [7, 11) is 0. The first-order chi connectivity index (χ1) is 15.7. The number of halogens is 3. The summed E-state index contributed by atoms with van der Waals surface area (Å²) in [4.78, 5) is 38.2. The van der Waals surface area contributed by atoms with Gasteiger partial charge in [0.2, 0.25) is 5.91 Å². The van der Waals surface area contributed by atoms with Gasteiger partial charge in [-0.1, -0.05) is 18.2 Å². The smallest absolute Gasteiger partial charge is 0.416 e. The number of nitrogens with zero attached hydrogens (tertiary/aromatic N) is 4. The fourth-order valence-corrected chi connectivity index (χ4v) is 3.85. The fourth-order valence-electron chi connectivity index (χ4n) is 2.98. The molecule has 2 aromatic heterocycles. The van der Waals surface area contributed by atoms with Crippen LogP contribution in [0.25, 0.3) is 11.0 Å². The minimum atomic E-state index is -4.55. The van der Waals surface area contributed by atoms with Crippen LogP contribution in [0.5, 0.6) is 0 Å². The molecule has 2 heterocycles. The van der Waals surface area contributed by atoms with Gasteiger partial charge in [-0.2, -0.15) is 13.2 Å². The average Bonchev–Trinajstić information content (AvgIpc) is 3.25. The Hall–Kier alpha value is -3.86. The number of hydrogen-bond donors (Lipinski definition) is 0. The predicted octanol–water partition coefficient (Wildman–Crippen LogP) is 5.15. The topological polar surface area (TPSA) is 85.3 Å². The maximum absolute atomic E-state index is 13.1. The van der Waals surface area contributed by atoms with Crippen LogP contribution in [0.3, 0.4) is 0 Å². The second kappa shape index (κ2) is 8.94. The number of rotatable bonds is 5. The Morgan fingerprint density at radius 3 is 2.55 bits per heavy atom. The minimum Gasteiger partial charge on any atom is -0.454 e. The first kappa shape index (κ1) is 22.3. The summed E-state index contributed by atoms with van der Waals surface area (Å²) in [6.45, 7) is 1.01. The third kappa shape index (κ3) is 4.98. The number of amides is 1. The molecule has 168 valence electrons. The van der Waals surface area contributed by atoms with E-state index in [9.17, 15) is 22.8 Å². The molecule has 11 heteroatoms. The Kier molecular flexibility index (Phi) is 6.05. The van der Waals surface area contributed by atoms with Crippen molar-refractivity contribution in [2.24, 2.45) is 0 Å². The third-order valence-electron chi connectivity index (χ3n) is 4.49. The molecule has 33 heavy (non-hydrogen) atoms. The van der Waals surface area contributed by atoms with Crippen molar-refractivity contribution in [2.45, 2.75) is 19.7 Å². The van der Waals surface area contributed by atoms with Crippen LogP contribution >= 0.6 is 11.3 Å². The number of aromatic nitrogens is 3. The van der Waals surface area contributed by atoms with Crippen molar-refractivity contribution >= 4 is 45.1 Å². The van der Waals surface area contributed by atoms with Crippen molar-refractivity contribution in [3.63, 3.8) is 0 Å². The predicted molar refractivity (Wildman–Crippen MR) is 115 cm³/mol. The van der Waals surface area contributed by atoms with Gasteiger partial charge in [0.1, 0.15) is 6.61 Å². The molecule has 0 spiro atoms. The Morgan fingerprint density at radius 2 is 1.82 bits per heavy atom. The number of anilines is 2. The first-order valence-corrected chi connectivity index (χ1v) is 10.4. The molecule has 0 radical (unpaired) electrons. The second-order valence-corrected chi connectivity index (χ2v) is 7.68. The molecule has 0 bridgehead atoms. The number of ether oxygens (including phenoxy) is 1. The van der Waals surface area contributed by atoms with Crippen molar-refractivity contribution in [1.29, 1.82) is 0 Å². The van der Waals surface area contributed by atoms with E-state index < -0.39 is 23.6 Å². The van der Waals surface area contributed by atoms with Crippen molar-refractivity contribution < 1.29 is 27.5 Å². The molecule has 7 nitrogen and oxygen atoms in total. The number of benzene rings is 2. The highest BCUT2D eigenvalue weighted by atomic mass is 32.1. The highest BCUT2D eigenvalue weighted by Crippen LogP contribution is 2.35. The van der Waals surface area contributed by atoms with Crippen LogP contribution in [0, 0.1) is 0 Å². The SMILES string of the molecule is CC(=O)N(c1cccc(C(F)(F)F)c1)c1nc(COC(=O)c2cnc3ccccc3n2)cs1.